The molecule has 0 bridgehead atoms. The molecule has 0 aromatic heterocycles. The van der Waals surface area contributed by atoms with Gasteiger partial charge in [0.15, 0.2) is 0 Å². The van der Waals surface area contributed by atoms with E-state index in [9.17, 15) is 4.79 Å². The van der Waals surface area contributed by atoms with Gasteiger partial charge in [-0.15, -0.1) is 0 Å². The Morgan fingerprint density at radius 2 is 2.18 bits per heavy atom. The monoisotopic (exact) mass is 159 g/mol. The maximum absolute atomic E-state index is 10.0. The molecule has 0 saturated carbocycles. The zero-order valence-corrected chi connectivity index (χ0v) is 6.83. The molecule has 11 heavy (non-hydrogen) atoms. The quantitative estimate of drug-likeness (QED) is 0.373. The highest BCUT2D eigenvalue weighted by molar-refractivity contribution is 5.78. The van der Waals surface area contributed by atoms with Crippen molar-refractivity contribution >= 4 is 11.7 Å². The molecular formula is C7H13NO3. The molecule has 0 rings (SSSR count). The lowest BCUT2D eigenvalue weighted by Gasteiger charge is -1.96. The number of carbonyl (C=O) groups is 1. The number of carboxylic acids is 1. The number of rotatable bonds is 5. The lowest BCUT2D eigenvalue weighted by Crippen LogP contribution is -1.98. The van der Waals surface area contributed by atoms with Gasteiger partial charge in [0.05, 0.1) is 5.71 Å². The van der Waals surface area contributed by atoms with E-state index in [1.54, 1.807) is 0 Å². The number of oxime groups is 1. The fourth-order valence-electron chi connectivity index (χ4n) is 0.463. The molecule has 64 valence electrons. The summed E-state index contributed by atoms with van der Waals surface area (Å²) < 4.78 is 0. The van der Waals surface area contributed by atoms with Gasteiger partial charge in [0.25, 0.3) is 0 Å². The molecule has 0 aromatic rings. The maximum Gasteiger partial charge on any atom is 0.303 e. The molecule has 0 unspecified atom stereocenters. The van der Waals surface area contributed by atoms with Gasteiger partial charge in [0.2, 0.25) is 0 Å². The van der Waals surface area contributed by atoms with Crippen molar-refractivity contribution in [2.45, 2.75) is 26.7 Å². The lowest BCUT2D eigenvalue weighted by molar-refractivity contribution is -0.137. The van der Waals surface area contributed by atoms with E-state index < -0.39 is 5.97 Å². The molecule has 0 aliphatic carbocycles. The van der Waals surface area contributed by atoms with Crippen LogP contribution in [0.5, 0.6) is 0 Å². The average molecular weight is 159 g/mol. The molecule has 0 fully saturated rings. The first-order chi connectivity index (χ1) is 5.13. The van der Waals surface area contributed by atoms with E-state index in [-0.39, 0.29) is 6.42 Å². The molecule has 0 atom stereocenters. The predicted molar refractivity (Wildman–Crippen MR) is 41.6 cm³/mol. The van der Waals surface area contributed by atoms with E-state index in [0.29, 0.717) is 13.0 Å². The van der Waals surface area contributed by atoms with Crippen molar-refractivity contribution in [1.29, 1.82) is 0 Å². The minimum atomic E-state index is -0.800. The van der Waals surface area contributed by atoms with Crippen molar-refractivity contribution < 1.29 is 14.7 Å². The summed E-state index contributed by atoms with van der Waals surface area (Å²) in [6.07, 6.45) is 0.643. The van der Waals surface area contributed by atoms with Gasteiger partial charge in [-0.3, -0.25) is 4.79 Å². The minimum absolute atomic E-state index is 0.137. The van der Waals surface area contributed by atoms with E-state index in [1.165, 1.54) is 0 Å². The Balaban J connectivity index is 3.15. The topological polar surface area (TPSA) is 58.9 Å². The van der Waals surface area contributed by atoms with Crippen LogP contribution in [0.15, 0.2) is 5.16 Å². The summed E-state index contributed by atoms with van der Waals surface area (Å²) in [4.78, 5) is 14.8. The van der Waals surface area contributed by atoms with Gasteiger partial charge in [-0.05, 0) is 20.3 Å². The number of hydrogen-bond donors (Lipinski definition) is 1. The lowest BCUT2D eigenvalue weighted by atomic mass is 10.3. The third-order valence-electron chi connectivity index (χ3n) is 0.873. The standard InChI is InChI=1S/C7H13NO3/c1-6(2)8-11-5-3-4-7(9)10/h3-5H2,1-2H3,(H,9,10). The first-order valence-electron chi connectivity index (χ1n) is 3.48. The van der Waals surface area contributed by atoms with Crippen LogP contribution in [0.4, 0.5) is 0 Å². The van der Waals surface area contributed by atoms with Crippen LogP contribution in [0, 0.1) is 0 Å². The van der Waals surface area contributed by atoms with Crippen LogP contribution in [-0.2, 0) is 9.63 Å². The highest BCUT2D eigenvalue weighted by Gasteiger charge is 1.95. The molecule has 0 heterocycles. The Labute approximate surface area is 65.8 Å². The van der Waals surface area contributed by atoms with E-state index >= 15 is 0 Å². The number of hydrogen-bond acceptors (Lipinski definition) is 3. The third-order valence-corrected chi connectivity index (χ3v) is 0.873. The van der Waals surface area contributed by atoms with Crippen molar-refractivity contribution in [3.8, 4) is 0 Å². The summed E-state index contributed by atoms with van der Waals surface area (Å²) in [5, 5.41) is 11.9. The van der Waals surface area contributed by atoms with E-state index in [4.69, 9.17) is 9.94 Å². The molecule has 0 aliphatic heterocycles. The Hall–Kier alpha value is -1.06. The largest absolute Gasteiger partial charge is 0.481 e. The molecule has 4 heteroatoms. The normalized spacial score (nSPS) is 8.91. The van der Waals surface area contributed by atoms with Crippen LogP contribution in [0.1, 0.15) is 26.7 Å². The first kappa shape index (κ1) is 9.94. The van der Waals surface area contributed by atoms with Crippen LogP contribution in [-0.4, -0.2) is 23.4 Å². The summed E-state index contributed by atoms with van der Waals surface area (Å²) in [6, 6.07) is 0. The second kappa shape index (κ2) is 5.70. The Morgan fingerprint density at radius 1 is 1.55 bits per heavy atom. The molecule has 0 spiro atoms. The zero-order chi connectivity index (χ0) is 8.69. The van der Waals surface area contributed by atoms with Crippen molar-refractivity contribution in [3.63, 3.8) is 0 Å². The van der Waals surface area contributed by atoms with Crippen LogP contribution in [0.3, 0.4) is 0 Å². The number of carboxylic acid groups (broad SMARTS) is 1. The van der Waals surface area contributed by atoms with Gasteiger partial charge in [0, 0.05) is 6.42 Å². The highest BCUT2D eigenvalue weighted by atomic mass is 16.6. The van der Waals surface area contributed by atoms with Crippen molar-refractivity contribution in [2.24, 2.45) is 5.16 Å². The predicted octanol–water partition coefficient (Wildman–Crippen LogP) is 1.26. The Kier molecular flexibility index (Phi) is 5.15. The van der Waals surface area contributed by atoms with Gasteiger partial charge in [-0.25, -0.2) is 0 Å². The molecule has 1 N–H and O–H groups in total. The van der Waals surface area contributed by atoms with Crippen LogP contribution < -0.4 is 0 Å². The van der Waals surface area contributed by atoms with Gasteiger partial charge in [0.1, 0.15) is 6.61 Å². The van der Waals surface area contributed by atoms with Crippen LogP contribution in [0.2, 0.25) is 0 Å². The van der Waals surface area contributed by atoms with Gasteiger partial charge >= 0.3 is 5.97 Å². The summed E-state index contributed by atoms with van der Waals surface area (Å²) in [5.41, 5.74) is 0.834. The van der Waals surface area contributed by atoms with Gasteiger partial charge < -0.3 is 9.94 Å². The third kappa shape index (κ3) is 8.94. The second-order valence-electron chi connectivity index (χ2n) is 2.37. The smallest absolute Gasteiger partial charge is 0.303 e. The van der Waals surface area contributed by atoms with Crippen LogP contribution >= 0.6 is 0 Å². The van der Waals surface area contributed by atoms with E-state index in [2.05, 4.69) is 5.16 Å². The van der Waals surface area contributed by atoms with Crippen molar-refractivity contribution in [2.75, 3.05) is 6.61 Å². The summed E-state index contributed by atoms with van der Waals surface area (Å²) >= 11 is 0. The average Bonchev–Trinajstić information content (AvgIpc) is 1.85. The molecule has 0 aliphatic rings. The van der Waals surface area contributed by atoms with Crippen molar-refractivity contribution in [1.82, 2.24) is 0 Å². The zero-order valence-electron chi connectivity index (χ0n) is 6.83. The molecule has 0 radical (unpaired) electrons. The molecular weight excluding hydrogens is 146 g/mol. The van der Waals surface area contributed by atoms with E-state index in [0.717, 1.165) is 5.71 Å². The Morgan fingerprint density at radius 3 is 2.64 bits per heavy atom. The highest BCUT2D eigenvalue weighted by Crippen LogP contribution is 1.90. The molecule has 4 nitrogen and oxygen atoms in total. The second-order valence-corrected chi connectivity index (χ2v) is 2.37. The van der Waals surface area contributed by atoms with Crippen LogP contribution in [0.25, 0.3) is 0 Å². The number of nitrogens with zero attached hydrogens (tertiary/aromatic N) is 1. The van der Waals surface area contributed by atoms with Gasteiger partial charge in [-0.2, -0.15) is 0 Å². The summed E-state index contributed by atoms with van der Waals surface area (Å²) in [7, 11) is 0. The summed E-state index contributed by atoms with van der Waals surface area (Å²) in [5.74, 6) is -0.800. The molecule has 0 aromatic carbocycles. The molecule has 0 saturated heterocycles. The minimum Gasteiger partial charge on any atom is -0.481 e. The SMILES string of the molecule is CC(C)=NOCCCC(=O)O. The summed E-state index contributed by atoms with van der Waals surface area (Å²) in [6.45, 7) is 4.01. The molecule has 0 amide bonds. The van der Waals surface area contributed by atoms with E-state index in [1.807, 2.05) is 13.8 Å². The fourth-order valence-corrected chi connectivity index (χ4v) is 0.463. The van der Waals surface area contributed by atoms with Gasteiger partial charge in [-0.1, -0.05) is 5.16 Å². The fraction of sp³-hybridized carbons (Fsp3) is 0.714. The Bertz CT molecular complexity index is 150. The first-order valence-corrected chi connectivity index (χ1v) is 3.48. The van der Waals surface area contributed by atoms with Crippen molar-refractivity contribution in [3.05, 3.63) is 0 Å². The maximum atomic E-state index is 10.0. The number of aliphatic carboxylic acids is 1.